The SMILES string of the molecule is O=C(Nc1ccc(Br)c(C(F)(F)F)c1)c1cc(Br)sc1Br. The Morgan fingerprint density at radius 2 is 1.81 bits per heavy atom. The lowest BCUT2D eigenvalue weighted by molar-refractivity contribution is -0.138. The van der Waals surface area contributed by atoms with E-state index >= 15 is 0 Å². The van der Waals surface area contributed by atoms with Crippen LogP contribution in [0.25, 0.3) is 0 Å². The van der Waals surface area contributed by atoms with Gasteiger partial charge in [-0.3, -0.25) is 4.79 Å². The molecule has 1 amide bonds. The maximum absolute atomic E-state index is 12.8. The second kappa shape index (κ2) is 6.39. The first kappa shape index (κ1) is 17.0. The molecule has 0 saturated carbocycles. The number of hydrogen-bond donors (Lipinski definition) is 1. The summed E-state index contributed by atoms with van der Waals surface area (Å²) >= 11 is 10.6. The fourth-order valence-corrected chi connectivity index (χ4v) is 4.78. The van der Waals surface area contributed by atoms with Crippen LogP contribution in [-0.4, -0.2) is 5.91 Å². The number of anilines is 1. The molecular weight excluding hydrogens is 503 g/mol. The summed E-state index contributed by atoms with van der Waals surface area (Å²) in [5, 5.41) is 2.45. The third-order valence-electron chi connectivity index (χ3n) is 2.43. The number of hydrogen-bond acceptors (Lipinski definition) is 2. The lowest BCUT2D eigenvalue weighted by atomic mass is 10.2. The largest absolute Gasteiger partial charge is 0.417 e. The van der Waals surface area contributed by atoms with Crippen LogP contribution in [0.15, 0.2) is 36.3 Å². The van der Waals surface area contributed by atoms with Crippen molar-refractivity contribution in [1.29, 1.82) is 0 Å². The van der Waals surface area contributed by atoms with Crippen LogP contribution in [0.2, 0.25) is 0 Å². The van der Waals surface area contributed by atoms with E-state index in [9.17, 15) is 18.0 Å². The summed E-state index contributed by atoms with van der Waals surface area (Å²) in [6.07, 6.45) is -4.49. The number of benzene rings is 1. The van der Waals surface area contributed by atoms with Crippen molar-refractivity contribution in [3.8, 4) is 0 Å². The molecule has 0 saturated heterocycles. The van der Waals surface area contributed by atoms with E-state index in [1.807, 2.05) is 0 Å². The molecule has 2 nitrogen and oxygen atoms in total. The first-order valence-corrected chi connectivity index (χ1v) is 8.51. The predicted octanol–water partition coefficient (Wildman–Crippen LogP) is 6.31. The Balaban J connectivity index is 2.28. The average molecular weight is 508 g/mol. The van der Waals surface area contributed by atoms with Crippen LogP contribution in [0, 0.1) is 0 Å². The molecule has 0 spiro atoms. The molecule has 1 aromatic carbocycles. The molecule has 1 heterocycles. The van der Waals surface area contributed by atoms with Crippen molar-refractivity contribution in [2.24, 2.45) is 0 Å². The quantitative estimate of drug-likeness (QED) is 0.507. The van der Waals surface area contributed by atoms with Crippen molar-refractivity contribution in [3.63, 3.8) is 0 Å². The zero-order valence-corrected chi connectivity index (χ0v) is 15.5. The Morgan fingerprint density at radius 1 is 1.14 bits per heavy atom. The molecule has 0 atom stereocenters. The maximum atomic E-state index is 12.8. The first-order chi connectivity index (χ1) is 9.68. The standard InChI is InChI=1S/C12H5Br3F3NOS/c13-8-2-1-5(3-7(8)12(16,17)18)19-11(20)6-4-9(14)21-10(6)15/h1-4H,(H,19,20). The Morgan fingerprint density at radius 3 is 2.33 bits per heavy atom. The number of carbonyl (C=O) groups excluding carboxylic acids is 1. The highest BCUT2D eigenvalue weighted by molar-refractivity contribution is 9.12. The molecular formula is C12H5Br3F3NOS. The van der Waals surface area contributed by atoms with Gasteiger partial charge in [-0.2, -0.15) is 13.2 Å². The molecule has 0 radical (unpaired) electrons. The third-order valence-corrected chi connectivity index (χ3v) is 5.46. The van der Waals surface area contributed by atoms with Gasteiger partial charge in [0, 0.05) is 10.2 Å². The highest BCUT2D eigenvalue weighted by Crippen LogP contribution is 2.37. The second-order valence-electron chi connectivity index (χ2n) is 3.88. The van der Waals surface area contributed by atoms with Gasteiger partial charge in [-0.15, -0.1) is 11.3 Å². The fourth-order valence-electron chi connectivity index (χ4n) is 1.51. The number of amides is 1. The summed E-state index contributed by atoms with van der Waals surface area (Å²) < 4.78 is 39.7. The van der Waals surface area contributed by atoms with E-state index < -0.39 is 17.6 Å². The third kappa shape index (κ3) is 4.08. The minimum atomic E-state index is -4.49. The minimum Gasteiger partial charge on any atom is -0.322 e. The summed E-state index contributed by atoms with van der Waals surface area (Å²) in [6.45, 7) is 0. The Hall–Kier alpha value is -0.380. The molecule has 1 N–H and O–H groups in total. The molecule has 0 aliphatic heterocycles. The molecule has 0 bridgehead atoms. The first-order valence-electron chi connectivity index (χ1n) is 5.31. The van der Waals surface area contributed by atoms with E-state index in [-0.39, 0.29) is 10.2 Å². The zero-order valence-electron chi connectivity index (χ0n) is 9.89. The monoisotopic (exact) mass is 505 g/mol. The molecule has 21 heavy (non-hydrogen) atoms. The average Bonchev–Trinajstić information content (AvgIpc) is 2.69. The van der Waals surface area contributed by atoms with Gasteiger partial charge in [0.15, 0.2) is 0 Å². The second-order valence-corrected chi connectivity index (χ2v) is 8.49. The van der Waals surface area contributed by atoms with Crippen molar-refractivity contribution in [3.05, 3.63) is 47.4 Å². The van der Waals surface area contributed by atoms with Crippen molar-refractivity contribution in [2.75, 3.05) is 5.32 Å². The van der Waals surface area contributed by atoms with Gasteiger partial charge in [0.2, 0.25) is 0 Å². The van der Waals surface area contributed by atoms with Crippen LogP contribution in [0.3, 0.4) is 0 Å². The highest BCUT2D eigenvalue weighted by Gasteiger charge is 2.33. The van der Waals surface area contributed by atoms with Gasteiger partial charge in [-0.1, -0.05) is 15.9 Å². The van der Waals surface area contributed by atoms with E-state index in [1.165, 1.54) is 23.5 Å². The molecule has 0 unspecified atom stereocenters. The normalized spacial score (nSPS) is 11.5. The van der Waals surface area contributed by atoms with E-state index in [0.717, 1.165) is 9.85 Å². The van der Waals surface area contributed by atoms with Gasteiger partial charge in [0.25, 0.3) is 5.91 Å². The molecule has 0 fully saturated rings. The Bertz CT molecular complexity index is 700. The molecule has 0 aliphatic carbocycles. The van der Waals surface area contributed by atoms with Crippen LogP contribution in [0.1, 0.15) is 15.9 Å². The summed E-state index contributed by atoms with van der Waals surface area (Å²) in [5.74, 6) is -0.487. The van der Waals surface area contributed by atoms with Gasteiger partial charge in [-0.25, -0.2) is 0 Å². The predicted molar refractivity (Wildman–Crippen MR) is 86.8 cm³/mol. The molecule has 1 aromatic heterocycles. The lowest BCUT2D eigenvalue weighted by Crippen LogP contribution is -2.13. The van der Waals surface area contributed by atoms with Crippen molar-refractivity contribution >= 4 is 70.7 Å². The van der Waals surface area contributed by atoms with Gasteiger partial charge in [0.05, 0.1) is 18.7 Å². The van der Waals surface area contributed by atoms with Crippen LogP contribution < -0.4 is 5.32 Å². The summed E-state index contributed by atoms with van der Waals surface area (Å²) in [7, 11) is 0. The summed E-state index contributed by atoms with van der Waals surface area (Å²) in [6, 6.07) is 5.12. The maximum Gasteiger partial charge on any atom is 0.417 e. The van der Waals surface area contributed by atoms with Gasteiger partial charge >= 0.3 is 6.18 Å². The van der Waals surface area contributed by atoms with Gasteiger partial charge in [-0.05, 0) is 56.1 Å². The summed E-state index contributed by atoms with van der Waals surface area (Å²) in [5.41, 5.74) is -0.418. The van der Waals surface area contributed by atoms with Gasteiger partial charge in [0.1, 0.15) is 0 Å². The zero-order chi connectivity index (χ0) is 15.8. The van der Waals surface area contributed by atoms with Crippen LogP contribution >= 0.6 is 59.1 Å². The molecule has 9 heteroatoms. The number of nitrogens with one attached hydrogen (secondary N) is 1. The van der Waals surface area contributed by atoms with E-state index in [2.05, 4.69) is 53.1 Å². The fraction of sp³-hybridized carbons (Fsp3) is 0.0833. The van der Waals surface area contributed by atoms with Crippen molar-refractivity contribution in [2.45, 2.75) is 6.18 Å². The Kier molecular flexibility index (Phi) is 5.17. The van der Waals surface area contributed by atoms with E-state index in [1.54, 1.807) is 6.07 Å². The van der Waals surface area contributed by atoms with Crippen LogP contribution in [0.5, 0.6) is 0 Å². The number of rotatable bonds is 2. The lowest BCUT2D eigenvalue weighted by Gasteiger charge is -2.11. The molecule has 112 valence electrons. The summed E-state index contributed by atoms with van der Waals surface area (Å²) in [4.78, 5) is 12.0. The number of carbonyl (C=O) groups is 1. The van der Waals surface area contributed by atoms with E-state index in [4.69, 9.17) is 0 Å². The molecule has 0 aliphatic rings. The van der Waals surface area contributed by atoms with Crippen LogP contribution in [0.4, 0.5) is 18.9 Å². The number of alkyl halides is 3. The van der Waals surface area contributed by atoms with E-state index in [0.29, 0.717) is 9.35 Å². The van der Waals surface area contributed by atoms with Crippen molar-refractivity contribution < 1.29 is 18.0 Å². The molecule has 2 aromatic rings. The Labute approximate surface area is 147 Å². The van der Waals surface area contributed by atoms with Crippen LogP contribution in [-0.2, 0) is 6.18 Å². The smallest absolute Gasteiger partial charge is 0.322 e. The number of thiophene rings is 1. The topological polar surface area (TPSA) is 29.1 Å². The highest BCUT2D eigenvalue weighted by atomic mass is 79.9. The van der Waals surface area contributed by atoms with Gasteiger partial charge < -0.3 is 5.32 Å². The molecule has 2 rings (SSSR count). The number of halogens is 6. The minimum absolute atomic E-state index is 0.0738. The van der Waals surface area contributed by atoms with Crippen molar-refractivity contribution in [1.82, 2.24) is 0 Å².